The molecule has 14 nitrogen and oxygen atoms in total. The first kappa shape index (κ1) is 48.9. The van der Waals surface area contributed by atoms with E-state index in [1.54, 1.807) is 0 Å². The number of nitrogens with zero attached hydrogens (tertiary/aromatic N) is 6. The van der Waals surface area contributed by atoms with Crippen LogP contribution in [0.4, 0.5) is 8.78 Å². The van der Waals surface area contributed by atoms with Crippen LogP contribution in [0.25, 0.3) is 0 Å². The molecule has 3 saturated heterocycles. The highest BCUT2D eigenvalue weighted by atomic mass is 19.3. The van der Waals surface area contributed by atoms with Gasteiger partial charge in [0.1, 0.15) is 18.3 Å². The van der Waals surface area contributed by atoms with Gasteiger partial charge in [-0.3, -0.25) is 19.4 Å². The molecule has 3 aliphatic heterocycles. The molecule has 4 heterocycles. The monoisotopic (exact) mass is 883 g/mol. The van der Waals surface area contributed by atoms with Crippen molar-refractivity contribution in [1.82, 2.24) is 40.1 Å². The number of aryl methyl sites for hydroxylation is 2. The van der Waals surface area contributed by atoms with Gasteiger partial charge in [0.15, 0.2) is 0 Å². The molecule has 4 aliphatic rings. The zero-order chi connectivity index (χ0) is 44.3. The number of alkyl halides is 2. The minimum absolute atomic E-state index is 0.0797. The van der Waals surface area contributed by atoms with Crippen LogP contribution in [0.15, 0.2) is 30.3 Å². The molecule has 4 fully saturated rings. The van der Waals surface area contributed by atoms with E-state index in [9.17, 15) is 18.4 Å². The normalized spacial score (nSPS) is 22.3. The van der Waals surface area contributed by atoms with Crippen LogP contribution in [-0.4, -0.2) is 164 Å². The molecule has 350 valence electrons. The van der Waals surface area contributed by atoms with E-state index in [-0.39, 0.29) is 55.5 Å². The maximum Gasteiger partial charge on any atom is 0.248 e. The second kappa shape index (κ2) is 25.8. The fourth-order valence-corrected chi connectivity index (χ4v) is 9.83. The van der Waals surface area contributed by atoms with E-state index in [2.05, 4.69) is 46.0 Å². The number of rotatable bonds is 28. The van der Waals surface area contributed by atoms with Crippen LogP contribution in [0, 0.1) is 25.2 Å². The Kier molecular flexibility index (Phi) is 20.0. The molecule has 1 aromatic heterocycles. The molecule has 2 aromatic rings. The molecular weight excluding hydrogens is 811 g/mol. The van der Waals surface area contributed by atoms with Gasteiger partial charge in [-0.1, -0.05) is 36.3 Å². The second-order valence-electron chi connectivity index (χ2n) is 17.6. The minimum atomic E-state index is -2.66. The lowest BCUT2D eigenvalue weighted by Crippen LogP contribution is -2.47. The molecule has 2 bridgehead atoms. The number of carbonyl (C=O) groups is 2. The SMILES string of the molecule is C#CCOCCOCCOCCOCCN1CCN(CCCNC(=O)CCCc2nnc(C)n2C2CC3CCC2N3CCC(NC(=O)C2CCC(F)(F)CC2)c2ccccc2)CC1. The van der Waals surface area contributed by atoms with Gasteiger partial charge in [-0.15, -0.1) is 16.6 Å². The average molecular weight is 883 g/mol. The third kappa shape index (κ3) is 15.5. The summed E-state index contributed by atoms with van der Waals surface area (Å²) in [5.74, 6) is 1.22. The van der Waals surface area contributed by atoms with Gasteiger partial charge in [-0.05, 0) is 70.4 Å². The number of nitrogens with one attached hydrogen (secondary N) is 2. The summed E-state index contributed by atoms with van der Waals surface area (Å²) >= 11 is 0. The van der Waals surface area contributed by atoms with Crippen molar-refractivity contribution in [1.29, 1.82) is 0 Å². The fraction of sp³-hybridized carbons (Fsp3) is 0.745. The number of halogens is 2. The summed E-state index contributed by atoms with van der Waals surface area (Å²) in [4.78, 5) is 33.7. The first-order chi connectivity index (χ1) is 30.7. The molecule has 63 heavy (non-hydrogen) atoms. The van der Waals surface area contributed by atoms with Gasteiger partial charge in [0.25, 0.3) is 0 Å². The molecule has 4 unspecified atom stereocenters. The highest BCUT2D eigenvalue weighted by Crippen LogP contribution is 2.45. The fourth-order valence-electron chi connectivity index (χ4n) is 9.83. The summed E-state index contributed by atoms with van der Waals surface area (Å²) < 4.78 is 51.9. The van der Waals surface area contributed by atoms with E-state index >= 15 is 0 Å². The van der Waals surface area contributed by atoms with Crippen molar-refractivity contribution in [2.75, 3.05) is 105 Å². The zero-order valence-corrected chi connectivity index (χ0v) is 37.5. The van der Waals surface area contributed by atoms with Crippen LogP contribution in [0.1, 0.15) is 99.9 Å². The Bertz CT molecular complexity index is 1700. The summed E-state index contributed by atoms with van der Waals surface area (Å²) in [6, 6.07) is 10.9. The van der Waals surface area contributed by atoms with Crippen molar-refractivity contribution in [3.05, 3.63) is 47.5 Å². The minimum Gasteiger partial charge on any atom is -0.378 e. The van der Waals surface area contributed by atoms with Crippen molar-refractivity contribution in [3.63, 3.8) is 0 Å². The molecule has 6 rings (SSSR count). The zero-order valence-electron chi connectivity index (χ0n) is 37.5. The van der Waals surface area contributed by atoms with E-state index in [0.29, 0.717) is 90.7 Å². The van der Waals surface area contributed by atoms with Crippen molar-refractivity contribution < 1.29 is 37.3 Å². The van der Waals surface area contributed by atoms with E-state index in [0.717, 1.165) is 95.1 Å². The predicted octanol–water partition coefficient (Wildman–Crippen LogP) is 4.58. The first-order valence-corrected chi connectivity index (χ1v) is 23.6. The molecule has 2 amide bonds. The maximum atomic E-state index is 13.8. The molecule has 1 aliphatic carbocycles. The largest absolute Gasteiger partial charge is 0.378 e. The second-order valence-corrected chi connectivity index (χ2v) is 17.6. The van der Waals surface area contributed by atoms with Gasteiger partial charge in [0.05, 0.1) is 58.3 Å². The van der Waals surface area contributed by atoms with Gasteiger partial charge >= 0.3 is 0 Å². The number of carbonyl (C=O) groups excluding carboxylic acids is 2. The smallest absolute Gasteiger partial charge is 0.248 e. The van der Waals surface area contributed by atoms with Crippen LogP contribution in [0.2, 0.25) is 0 Å². The summed E-state index contributed by atoms with van der Waals surface area (Å²) in [6.07, 6.45) is 11.9. The van der Waals surface area contributed by atoms with Crippen LogP contribution >= 0.6 is 0 Å². The highest BCUT2D eigenvalue weighted by Gasteiger charge is 2.48. The summed E-state index contributed by atoms with van der Waals surface area (Å²) in [7, 11) is 0. The number of ether oxygens (including phenoxy) is 4. The van der Waals surface area contributed by atoms with Crippen LogP contribution in [-0.2, 0) is 35.0 Å². The Morgan fingerprint density at radius 3 is 2.21 bits per heavy atom. The molecule has 4 atom stereocenters. The number of terminal acetylenes is 1. The topological polar surface area (TPSA) is 136 Å². The summed E-state index contributed by atoms with van der Waals surface area (Å²) in [5.41, 5.74) is 1.04. The van der Waals surface area contributed by atoms with Crippen LogP contribution in [0.3, 0.4) is 0 Å². The van der Waals surface area contributed by atoms with E-state index in [1.807, 2.05) is 37.3 Å². The number of hydrogen-bond donors (Lipinski definition) is 2. The lowest BCUT2D eigenvalue weighted by atomic mass is 9.86. The Morgan fingerprint density at radius 1 is 0.841 bits per heavy atom. The van der Waals surface area contributed by atoms with Gasteiger partial charge in [0, 0.05) is 89.5 Å². The Balaban J connectivity index is 0.829. The molecule has 1 aromatic carbocycles. The quantitative estimate of drug-likeness (QED) is 0.0919. The average Bonchev–Trinajstić information content (AvgIpc) is 3.97. The standard InChI is InChI=1S/C47H72F2N8O6/c1-3-28-60-30-32-62-34-35-63-33-31-61-29-27-55-25-23-54(24-26-55)21-8-20-50-45(58)12-7-11-44-53-52-37(2)57(44)43-36-40-13-14-42(43)56(40)22-17-41(38-9-5-4-6-10-38)51-46(59)39-15-18-47(48,49)19-16-39/h1,4-6,9-10,39-43H,7-8,11-36H2,2H3,(H,50,58)(H,51,59). The van der Waals surface area contributed by atoms with Crippen LogP contribution in [0.5, 0.6) is 0 Å². The third-order valence-electron chi connectivity index (χ3n) is 13.3. The molecule has 2 N–H and O–H groups in total. The van der Waals surface area contributed by atoms with Crippen molar-refractivity contribution >= 4 is 11.8 Å². The number of aromatic nitrogens is 3. The van der Waals surface area contributed by atoms with Gasteiger partial charge in [0.2, 0.25) is 17.7 Å². The molecule has 0 spiro atoms. The maximum absolute atomic E-state index is 13.8. The summed E-state index contributed by atoms with van der Waals surface area (Å²) in [6.45, 7) is 13.7. The van der Waals surface area contributed by atoms with Gasteiger partial charge in [-0.25, -0.2) is 8.78 Å². The lowest BCUT2D eigenvalue weighted by molar-refractivity contribution is -0.130. The Morgan fingerprint density at radius 2 is 1.51 bits per heavy atom. The molecule has 1 saturated carbocycles. The number of amides is 2. The van der Waals surface area contributed by atoms with Gasteiger partial charge in [-0.2, -0.15) is 0 Å². The third-order valence-corrected chi connectivity index (χ3v) is 13.3. The highest BCUT2D eigenvalue weighted by molar-refractivity contribution is 5.79. The number of piperazine rings is 1. The first-order valence-electron chi connectivity index (χ1n) is 23.6. The van der Waals surface area contributed by atoms with Crippen LogP contribution < -0.4 is 10.6 Å². The Labute approximate surface area is 373 Å². The predicted molar refractivity (Wildman–Crippen MR) is 236 cm³/mol. The summed E-state index contributed by atoms with van der Waals surface area (Å²) in [5, 5.41) is 15.5. The van der Waals surface area contributed by atoms with Gasteiger partial charge < -0.3 is 39.0 Å². The van der Waals surface area contributed by atoms with Crippen molar-refractivity contribution in [2.45, 2.75) is 114 Å². The number of benzene rings is 1. The Hall–Kier alpha value is -3.56. The number of hydrogen-bond acceptors (Lipinski definition) is 11. The van der Waals surface area contributed by atoms with E-state index < -0.39 is 5.92 Å². The lowest BCUT2D eigenvalue weighted by Gasteiger charge is -2.34. The van der Waals surface area contributed by atoms with E-state index in [4.69, 9.17) is 25.4 Å². The van der Waals surface area contributed by atoms with E-state index in [1.165, 1.54) is 0 Å². The molecule has 16 heteroatoms. The van der Waals surface area contributed by atoms with Crippen molar-refractivity contribution in [2.24, 2.45) is 5.92 Å². The van der Waals surface area contributed by atoms with Crippen molar-refractivity contribution in [3.8, 4) is 12.3 Å². The molecular formula is C47H72F2N8O6. The molecule has 0 radical (unpaired) electrons. The number of fused-ring (bicyclic) bond motifs is 2.